The molecule has 2 aliphatic rings. The van der Waals surface area contributed by atoms with Gasteiger partial charge >= 0.3 is 0 Å². The molecular formula is C8H9ClN2OS. The predicted molar refractivity (Wildman–Crippen MR) is 50.2 cm³/mol. The molecule has 1 aromatic heterocycles. The minimum absolute atomic E-state index is 0.357. The van der Waals surface area contributed by atoms with Crippen molar-refractivity contribution in [3.05, 3.63) is 10.3 Å². The third-order valence-corrected chi connectivity index (χ3v) is 3.67. The summed E-state index contributed by atoms with van der Waals surface area (Å²) in [5, 5.41) is 0. The maximum Gasteiger partial charge on any atom is 0.203 e. The van der Waals surface area contributed by atoms with Crippen LogP contribution in [-0.4, -0.2) is 21.6 Å². The first kappa shape index (κ1) is 8.15. The lowest BCUT2D eigenvalue weighted by atomic mass is 9.89. The molecule has 3 unspecified atom stereocenters. The summed E-state index contributed by atoms with van der Waals surface area (Å²) in [6.45, 7) is 0. The maximum absolute atomic E-state index is 5.75. The molecular weight excluding hydrogens is 208 g/mol. The molecule has 2 aliphatic heterocycles. The highest BCUT2D eigenvalue weighted by atomic mass is 35.5. The van der Waals surface area contributed by atoms with Crippen molar-refractivity contribution >= 4 is 23.1 Å². The van der Waals surface area contributed by atoms with Crippen LogP contribution in [0.5, 0.6) is 0 Å². The Kier molecular flexibility index (Phi) is 1.82. The summed E-state index contributed by atoms with van der Waals surface area (Å²) in [6.07, 6.45) is 4.26. The zero-order chi connectivity index (χ0) is 8.84. The second-order valence-corrected chi connectivity index (χ2v) is 4.96. The second kappa shape index (κ2) is 2.90. The summed E-state index contributed by atoms with van der Waals surface area (Å²) in [6, 6.07) is 0. The Bertz CT molecular complexity index is 330. The average Bonchev–Trinajstić information content (AvgIpc) is 2.77. The molecule has 2 bridgehead atoms. The summed E-state index contributed by atoms with van der Waals surface area (Å²) in [5.41, 5.74) is 0. The van der Waals surface area contributed by atoms with Crippen molar-refractivity contribution in [3.8, 4) is 0 Å². The van der Waals surface area contributed by atoms with Crippen LogP contribution in [0.25, 0.3) is 0 Å². The molecule has 70 valence electrons. The van der Waals surface area contributed by atoms with E-state index in [1.807, 2.05) is 0 Å². The lowest BCUT2D eigenvalue weighted by Gasteiger charge is -2.14. The van der Waals surface area contributed by atoms with Gasteiger partial charge in [-0.2, -0.15) is 4.37 Å². The zero-order valence-electron chi connectivity index (χ0n) is 6.94. The van der Waals surface area contributed by atoms with Gasteiger partial charge in [0, 0.05) is 5.92 Å². The zero-order valence-corrected chi connectivity index (χ0v) is 8.51. The summed E-state index contributed by atoms with van der Waals surface area (Å²) < 4.78 is 10.5. The van der Waals surface area contributed by atoms with Crippen LogP contribution in [0.3, 0.4) is 0 Å². The molecule has 0 amide bonds. The Labute approximate surface area is 85.2 Å². The Hall–Kier alpha value is -0.190. The van der Waals surface area contributed by atoms with Crippen LogP contribution >= 0.6 is 23.1 Å². The van der Waals surface area contributed by atoms with E-state index in [9.17, 15) is 0 Å². The normalized spacial score (nSPS) is 37.2. The fourth-order valence-electron chi connectivity index (χ4n) is 2.28. The quantitative estimate of drug-likeness (QED) is 0.722. The van der Waals surface area contributed by atoms with Crippen molar-refractivity contribution in [1.82, 2.24) is 9.36 Å². The Morgan fingerprint density at radius 3 is 2.92 bits per heavy atom. The van der Waals surface area contributed by atoms with Crippen molar-refractivity contribution < 1.29 is 4.74 Å². The van der Waals surface area contributed by atoms with Crippen LogP contribution in [0, 0.1) is 0 Å². The monoisotopic (exact) mass is 216 g/mol. The number of hydrogen-bond acceptors (Lipinski definition) is 4. The van der Waals surface area contributed by atoms with E-state index >= 15 is 0 Å². The Morgan fingerprint density at radius 1 is 1.46 bits per heavy atom. The Balaban J connectivity index is 1.87. The molecule has 0 spiro atoms. The molecule has 0 aromatic carbocycles. The first-order valence-electron chi connectivity index (χ1n) is 4.47. The average molecular weight is 217 g/mol. The molecule has 0 N–H and O–H groups in total. The summed E-state index contributed by atoms with van der Waals surface area (Å²) in [4.78, 5) is 4.20. The van der Waals surface area contributed by atoms with Gasteiger partial charge in [-0.15, -0.1) is 0 Å². The number of rotatable bonds is 1. The van der Waals surface area contributed by atoms with Crippen molar-refractivity contribution in [2.75, 3.05) is 0 Å². The van der Waals surface area contributed by atoms with Gasteiger partial charge in [0.05, 0.1) is 12.2 Å². The third-order valence-electron chi connectivity index (χ3n) is 2.85. The van der Waals surface area contributed by atoms with Gasteiger partial charge in [0.15, 0.2) is 0 Å². The first-order valence-corrected chi connectivity index (χ1v) is 5.62. The summed E-state index contributed by atoms with van der Waals surface area (Å²) in [5.74, 6) is 1.30. The van der Waals surface area contributed by atoms with Crippen LogP contribution in [0.4, 0.5) is 0 Å². The van der Waals surface area contributed by atoms with Gasteiger partial charge in [-0.05, 0) is 42.4 Å². The number of aromatic nitrogens is 2. The third kappa shape index (κ3) is 1.28. The van der Waals surface area contributed by atoms with Crippen molar-refractivity contribution in [2.45, 2.75) is 37.4 Å². The van der Waals surface area contributed by atoms with E-state index in [4.69, 9.17) is 16.3 Å². The van der Waals surface area contributed by atoms with Gasteiger partial charge in [-0.1, -0.05) is 0 Å². The Morgan fingerprint density at radius 2 is 2.38 bits per heavy atom. The number of halogens is 1. The second-order valence-electron chi connectivity index (χ2n) is 3.62. The highest BCUT2D eigenvalue weighted by molar-refractivity contribution is 7.10. The summed E-state index contributed by atoms with van der Waals surface area (Å²) in [7, 11) is 0. The van der Waals surface area contributed by atoms with Crippen molar-refractivity contribution in [2.24, 2.45) is 0 Å². The van der Waals surface area contributed by atoms with Gasteiger partial charge in [-0.3, -0.25) is 0 Å². The van der Waals surface area contributed by atoms with E-state index < -0.39 is 0 Å². The van der Waals surface area contributed by atoms with E-state index in [0.717, 1.165) is 18.7 Å². The van der Waals surface area contributed by atoms with Gasteiger partial charge in [0.2, 0.25) is 4.47 Å². The van der Waals surface area contributed by atoms with E-state index in [0.29, 0.717) is 22.6 Å². The molecule has 13 heavy (non-hydrogen) atoms. The molecule has 0 radical (unpaired) electrons. The standard InChI is InChI=1S/C8H9ClN2OS/c9-8-10-7(11-13-8)5-3-4-1-2-6(5)12-4/h4-6H,1-3H2. The van der Waals surface area contributed by atoms with Crippen molar-refractivity contribution in [3.63, 3.8) is 0 Å². The fourth-order valence-corrected chi connectivity index (χ4v) is 2.95. The van der Waals surface area contributed by atoms with Gasteiger partial charge in [0.25, 0.3) is 0 Å². The van der Waals surface area contributed by atoms with E-state index in [-0.39, 0.29) is 0 Å². The largest absolute Gasteiger partial charge is 0.374 e. The molecule has 0 aliphatic carbocycles. The smallest absolute Gasteiger partial charge is 0.203 e. The minimum Gasteiger partial charge on any atom is -0.374 e. The van der Waals surface area contributed by atoms with E-state index in [1.165, 1.54) is 18.0 Å². The van der Waals surface area contributed by atoms with Crippen LogP contribution in [0.2, 0.25) is 4.47 Å². The summed E-state index contributed by atoms with van der Waals surface area (Å²) >= 11 is 7.01. The van der Waals surface area contributed by atoms with Crippen molar-refractivity contribution in [1.29, 1.82) is 0 Å². The molecule has 2 saturated heterocycles. The number of fused-ring (bicyclic) bond motifs is 2. The molecule has 3 heterocycles. The molecule has 2 fully saturated rings. The van der Waals surface area contributed by atoms with Gasteiger partial charge < -0.3 is 4.74 Å². The predicted octanol–water partition coefficient (Wildman–Crippen LogP) is 2.23. The van der Waals surface area contributed by atoms with Gasteiger partial charge in [-0.25, -0.2) is 4.98 Å². The lowest BCUT2D eigenvalue weighted by Crippen LogP contribution is -2.15. The van der Waals surface area contributed by atoms with Gasteiger partial charge in [0.1, 0.15) is 5.82 Å². The molecule has 5 heteroatoms. The highest BCUT2D eigenvalue weighted by Gasteiger charge is 2.43. The van der Waals surface area contributed by atoms with E-state index in [1.54, 1.807) is 0 Å². The van der Waals surface area contributed by atoms with Crippen LogP contribution in [-0.2, 0) is 4.74 Å². The number of hydrogen-bond donors (Lipinski definition) is 0. The molecule has 0 saturated carbocycles. The SMILES string of the molecule is Clc1nc(C2CC3CCC2O3)ns1. The molecule has 3 nitrogen and oxygen atoms in total. The molecule has 1 aromatic rings. The highest BCUT2D eigenvalue weighted by Crippen LogP contribution is 2.43. The minimum atomic E-state index is 0.357. The number of ether oxygens (including phenoxy) is 1. The molecule has 3 atom stereocenters. The topological polar surface area (TPSA) is 35.0 Å². The fraction of sp³-hybridized carbons (Fsp3) is 0.750. The lowest BCUT2D eigenvalue weighted by molar-refractivity contribution is 0.1000. The first-order chi connectivity index (χ1) is 6.33. The number of nitrogens with zero attached hydrogens (tertiary/aromatic N) is 2. The maximum atomic E-state index is 5.75. The van der Waals surface area contributed by atoms with Crippen LogP contribution < -0.4 is 0 Å². The van der Waals surface area contributed by atoms with E-state index in [2.05, 4.69) is 9.36 Å². The van der Waals surface area contributed by atoms with Crippen LogP contribution in [0.15, 0.2) is 0 Å². The molecule has 3 rings (SSSR count). The van der Waals surface area contributed by atoms with Crippen LogP contribution in [0.1, 0.15) is 31.0 Å².